The van der Waals surface area contributed by atoms with Crippen molar-refractivity contribution in [3.8, 4) is 27.3 Å². The molecule has 9 rings (SSSR count). The van der Waals surface area contributed by atoms with E-state index in [1.807, 2.05) is 84.9 Å². The first kappa shape index (κ1) is 27.9. The lowest BCUT2D eigenvalue weighted by atomic mass is 9.94. The van der Waals surface area contributed by atoms with Crippen LogP contribution in [-0.4, -0.2) is 9.97 Å². The molecule has 0 amide bonds. The molecule has 0 atom stereocenters. The lowest BCUT2D eigenvalue weighted by Crippen LogP contribution is -1.84. The summed E-state index contributed by atoms with van der Waals surface area (Å²) in [5.41, 5.74) is 3.89. The van der Waals surface area contributed by atoms with Crippen molar-refractivity contribution in [2.45, 2.75) is 0 Å². The normalized spacial score (nSPS) is 12.4. The molecule has 3 aromatic carbocycles. The molecule has 0 spiro atoms. The van der Waals surface area contributed by atoms with Crippen LogP contribution in [0.3, 0.4) is 0 Å². The van der Waals surface area contributed by atoms with E-state index in [0.717, 1.165) is 74.5 Å². The maximum Gasteiger partial charge on any atom is 0.213 e. The van der Waals surface area contributed by atoms with Crippen LogP contribution in [0.15, 0.2) is 118 Å². The zero-order valence-corrected chi connectivity index (χ0v) is 26.6. The Balaban J connectivity index is 1.21. The average Bonchev–Trinajstić information content (AvgIpc) is 3.95. The van der Waals surface area contributed by atoms with Crippen LogP contribution < -0.4 is 0 Å². The van der Waals surface area contributed by atoms with Crippen molar-refractivity contribution < 1.29 is 8.83 Å². The zero-order valence-electron chi connectivity index (χ0n) is 25.0. The van der Waals surface area contributed by atoms with Gasteiger partial charge in [-0.3, -0.25) is 9.97 Å². The Bertz CT molecular complexity index is 2610. The minimum absolute atomic E-state index is 0.491. The summed E-state index contributed by atoms with van der Waals surface area (Å²) in [6.45, 7) is 7.74. The molecule has 0 saturated heterocycles. The SMILES string of the molecule is [C-]#[N+]/C(=C\c1ccc(-c2oc3cccc4c5c(-c6ccc(/C=C(\C#N)c7ccccn7)s6)oc6cccc(c2c34)c65)s1)c1ccccn1. The number of allylic oxidation sites excluding steroid dienone is 1. The standard InChI is InChI=1S/C40H20N4O2S2/c1-42-30(29-11-3-5-19-44-29)21-25-15-17-34(48-25)40-38-27-9-7-12-31-35(27)37(26-8-6-13-32(46-40)36(26)38)39(45-31)33-16-14-24(47-33)20-23(22-41)28-10-2-4-18-43-28/h2-21H/b23-20+,30-21-. The Kier molecular flexibility index (Phi) is 6.51. The molecule has 0 aliphatic rings. The van der Waals surface area contributed by atoms with Gasteiger partial charge in [-0.25, -0.2) is 4.85 Å². The molecule has 9 aromatic rings. The molecule has 0 bridgehead atoms. The van der Waals surface area contributed by atoms with E-state index in [9.17, 15) is 5.26 Å². The predicted molar refractivity (Wildman–Crippen MR) is 195 cm³/mol. The van der Waals surface area contributed by atoms with Crippen LogP contribution in [0, 0.1) is 17.9 Å². The van der Waals surface area contributed by atoms with E-state index in [4.69, 9.17) is 15.4 Å². The summed E-state index contributed by atoms with van der Waals surface area (Å²) in [6.07, 6.45) is 7.14. The second-order valence-corrected chi connectivity index (χ2v) is 13.3. The summed E-state index contributed by atoms with van der Waals surface area (Å²) in [4.78, 5) is 16.3. The van der Waals surface area contributed by atoms with Crippen molar-refractivity contribution in [2.75, 3.05) is 0 Å². The second kappa shape index (κ2) is 11.2. The molecule has 0 radical (unpaired) electrons. The number of aromatic nitrogens is 2. The Labute approximate surface area is 281 Å². The van der Waals surface area contributed by atoms with Gasteiger partial charge in [0, 0.05) is 43.7 Å². The molecule has 0 unspecified atom stereocenters. The third kappa shape index (κ3) is 4.44. The number of nitriles is 1. The van der Waals surface area contributed by atoms with Crippen molar-refractivity contribution in [3.63, 3.8) is 0 Å². The van der Waals surface area contributed by atoms with Gasteiger partial charge in [0.15, 0.2) is 11.5 Å². The topological polar surface area (TPSA) is 80.2 Å². The number of nitrogens with zero attached hydrogens (tertiary/aromatic N) is 4. The fourth-order valence-corrected chi connectivity index (χ4v) is 8.19. The van der Waals surface area contributed by atoms with Crippen LogP contribution in [0.25, 0.3) is 93.0 Å². The van der Waals surface area contributed by atoms with Crippen molar-refractivity contribution in [2.24, 2.45) is 0 Å². The molecule has 48 heavy (non-hydrogen) atoms. The Hall–Kier alpha value is -6.32. The van der Waals surface area contributed by atoms with Gasteiger partial charge in [0.2, 0.25) is 5.70 Å². The van der Waals surface area contributed by atoms with Gasteiger partial charge >= 0.3 is 0 Å². The minimum Gasteiger partial charge on any atom is -0.455 e. The number of fused-ring (bicyclic) bond motifs is 2. The molecule has 0 saturated carbocycles. The molecule has 0 fully saturated rings. The summed E-state index contributed by atoms with van der Waals surface area (Å²) < 4.78 is 13.3. The summed E-state index contributed by atoms with van der Waals surface area (Å²) in [5, 5.41) is 16.1. The fourth-order valence-electron chi connectivity index (χ4n) is 6.32. The highest BCUT2D eigenvalue weighted by atomic mass is 32.1. The number of pyridine rings is 2. The predicted octanol–water partition coefficient (Wildman–Crippen LogP) is 11.7. The van der Waals surface area contributed by atoms with Crippen LogP contribution in [0.1, 0.15) is 21.1 Å². The zero-order chi connectivity index (χ0) is 32.2. The van der Waals surface area contributed by atoms with Gasteiger partial charge in [0.05, 0.1) is 33.3 Å². The van der Waals surface area contributed by atoms with E-state index >= 15 is 0 Å². The van der Waals surface area contributed by atoms with E-state index in [0.29, 0.717) is 22.7 Å². The Morgan fingerprint density at radius 1 is 0.646 bits per heavy atom. The first-order chi connectivity index (χ1) is 23.7. The van der Waals surface area contributed by atoms with Crippen molar-refractivity contribution in [1.82, 2.24) is 9.97 Å². The van der Waals surface area contributed by atoms with Gasteiger partial charge in [-0.15, -0.1) is 22.7 Å². The minimum atomic E-state index is 0.491. The Morgan fingerprint density at radius 2 is 1.21 bits per heavy atom. The highest BCUT2D eigenvalue weighted by molar-refractivity contribution is 7.16. The third-order valence-electron chi connectivity index (χ3n) is 8.35. The lowest BCUT2D eigenvalue weighted by molar-refractivity contribution is 0.636. The third-order valence-corrected chi connectivity index (χ3v) is 10.4. The van der Waals surface area contributed by atoms with Crippen LogP contribution in [0.2, 0.25) is 0 Å². The van der Waals surface area contributed by atoms with Gasteiger partial charge in [0.25, 0.3) is 0 Å². The van der Waals surface area contributed by atoms with Gasteiger partial charge < -0.3 is 8.83 Å². The highest BCUT2D eigenvalue weighted by Gasteiger charge is 2.26. The highest BCUT2D eigenvalue weighted by Crippen LogP contribution is 2.51. The quantitative estimate of drug-likeness (QED) is 0.101. The van der Waals surface area contributed by atoms with Gasteiger partial charge in [-0.05, 0) is 83.6 Å². The molecule has 6 heterocycles. The maximum absolute atomic E-state index is 9.84. The molecule has 0 N–H and O–H groups in total. The van der Waals surface area contributed by atoms with Gasteiger partial charge in [-0.2, -0.15) is 5.26 Å². The average molecular weight is 653 g/mol. The molecule has 0 aliphatic carbocycles. The number of benzene rings is 3. The Morgan fingerprint density at radius 3 is 1.73 bits per heavy atom. The van der Waals surface area contributed by atoms with Crippen LogP contribution >= 0.6 is 22.7 Å². The monoisotopic (exact) mass is 652 g/mol. The second-order valence-electron chi connectivity index (χ2n) is 11.1. The fraction of sp³-hybridized carbons (Fsp3) is 0. The van der Waals surface area contributed by atoms with E-state index in [2.05, 4.69) is 45.1 Å². The lowest BCUT2D eigenvalue weighted by Gasteiger charge is -2.05. The first-order valence-electron chi connectivity index (χ1n) is 15.1. The largest absolute Gasteiger partial charge is 0.455 e. The van der Waals surface area contributed by atoms with E-state index in [-0.39, 0.29) is 0 Å². The van der Waals surface area contributed by atoms with E-state index < -0.39 is 0 Å². The van der Waals surface area contributed by atoms with Gasteiger partial charge in [-0.1, -0.05) is 36.4 Å². The molecule has 0 aliphatic heterocycles. The van der Waals surface area contributed by atoms with Gasteiger partial charge in [0.1, 0.15) is 17.2 Å². The summed E-state index contributed by atoms with van der Waals surface area (Å²) >= 11 is 3.16. The summed E-state index contributed by atoms with van der Waals surface area (Å²) in [5.74, 6) is 1.59. The smallest absolute Gasteiger partial charge is 0.213 e. The van der Waals surface area contributed by atoms with Crippen LogP contribution in [0.4, 0.5) is 0 Å². The number of hydrogen-bond acceptors (Lipinski definition) is 7. The number of thiophene rings is 2. The van der Waals surface area contributed by atoms with Crippen molar-refractivity contribution >= 4 is 89.6 Å². The molecular weight excluding hydrogens is 633 g/mol. The first-order valence-corrected chi connectivity index (χ1v) is 16.7. The molecular formula is C40H20N4O2S2. The van der Waals surface area contributed by atoms with Crippen LogP contribution in [0.5, 0.6) is 0 Å². The molecule has 6 aromatic heterocycles. The van der Waals surface area contributed by atoms with Crippen LogP contribution in [-0.2, 0) is 0 Å². The van der Waals surface area contributed by atoms with Crippen molar-refractivity contribution in [3.05, 3.63) is 142 Å². The molecule has 8 heteroatoms. The van der Waals surface area contributed by atoms with E-state index in [1.54, 1.807) is 35.1 Å². The molecule has 6 nitrogen and oxygen atoms in total. The summed E-state index contributed by atoms with van der Waals surface area (Å²) in [6, 6.07) is 33.9. The summed E-state index contributed by atoms with van der Waals surface area (Å²) in [7, 11) is 0. The maximum atomic E-state index is 9.84. The number of hydrogen-bond donors (Lipinski definition) is 0. The number of rotatable bonds is 6. The molecule has 224 valence electrons. The number of furan rings is 2. The van der Waals surface area contributed by atoms with Crippen molar-refractivity contribution in [1.29, 1.82) is 5.26 Å². The van der Waals surface area contributed by atoms with E-state index in [1.165, 1.54) is 0 Å².